The molecule has 0 radical (unpaired) electrons. The van der Waals surface area contributed by atoms with Gasteiger partial charge >= 0.3 is 0 Å². The van der Waals surface area contributed by atoms with E-state index in [1.807, 2.05) is 42.0 Å². The van der Waals surface area contributed by atoms with Crippen LogP contribution >= 0.6 is 0 Å². The number of piperidine rings is 1. The Hall–Kier alpha value is -2.04. The van der Waals surface area contributed by atoms with Gasteiger partial charge in [0.1, 0.15) is 0 Å². The molecule has 0 aromatic carbocycles. The molecule has 1 aliphatic rings. The third-order valence-electron chi connectivity index (χ3n) is 4.30. The third-order valence-corrected chi connectivity index (χ3v) is 4.30. The highest BCUT2D eigenvalue weighted by molar-refractivity contribution is 5.76. The number of hydrogen-bond donors (Lipinski definition) is 0. The van der Waals surface area contributed by atoms with Gasteiger partial charge < -0.3 is 14.0 Å². The molecule has 112 valence electrons. The zero-order chi connectivity index (χ0) is 14.7. The minimum atomic E-state index is 0.209. The topological polar surface area (TPSA) is 43.1 Å². The predicted octanol–water partition coefficient (Wildman–Crippen LogP) is 2.50. The van der Waals surface area contributed by atoms with Crippen molar-refractivity contribution >= 4 is 5.91 Å². The van der Waals surface area contributed by atoms with Gasteiger partial charge in [-0.25, -0.2) is 4.98 Å². The summed E-state index contributed by atoms with van der Waals surface area (Å²) in [5.74, 6) is 0.251. The van der Waals surface area contributed by atoms with Crippen molar-refractivity contribution in [3.8, 4) is 0 Å². The first kappa shape index (κ1) is 13.9. The Morgan fingerprint density at radius 2 is 2.14 bits per heavy atom. The Labute approximate surface area is 125 Å². The van der Waals surface area contributed by atoms with Crippen molar-refractivity contribution in [2.75, 3.05) is 13.1 Å². The van der Waals surface area contributed by atoms with Crippen LogP contribution in [0.25, 0.3) is 0 Å². The molecule has 21 heavy (non-hydrogen) atoms. The molecule has 1 aliphatic heterocycles. The molecule has 5 nitrogen and oxygen atoms in total. The van der Waals surface area contributed by atoms with Crippen LogP contribution in [0.15, 0.2) is 43.2 Å². The standard InChI is InChI=1S/C16H22N4O/c1-14(18-7-2-3-8-18)11-16(21)19-9-4-5-15(12-19)20-10-6-17-13-20/h2-3,6-8,10,13-15H,4-5,9,11-12H2,1H3/t14-,15-/m1/s1. The molecule has 0 spiro atoms. The van der Waals surface area contributed by atoms with E-state index in [2.05, 4.69) is 21.0 Å². The summed E-state index contributed by atoms with van der Waals surface area (Å²) in [4.78, 5) is 18.6. The number of amides is 1. The summed E-state index contributed by atoms with van der Waals surface area (Å²) < 4.78 is 4.21. The van der Waals surface area contributed by atoms with Crippen LogP contribution in [0, 0.1) is 0 Å². The average Bonchev–Trinajstić information content (AvgIpc) is 3.20. The maximum Gasteiger partial charge on any atom is 0.224 e. The lowest BCUT2D eigenvalue weighted by molar-refractivity contribution is -0.133. The fraction of sp³-hybridized carbons (Fsp3) is 0.500. The van der Waals surface area contributed by atoms with E-state index in [0.29, 0.717) is 12.5 Å². The van der Waals surface area contributed by atoms with Crippen LogP contribution in [0.1, 0.15) is 38.3 Å². The van der Waals surface area contributed by atoms with Crippen molar-refractivity contribution in [3.05, 3.63) is 43.2 Å². The smallest absolute Gasteiger partial charge is 0.224 e. The van der Waals surface area contributed by atoms with E-state index in [0.717, 1.165) is 25.9 Å². The molecule has 0 aliphatic carbocycles. The highest BCUT2D eigenvalue weighted by atomic mass is 16.2. The van der Waals surface area contributed by atoms with E-state index in [-0.39, 0.29) is 11.9 Å². The van der Waals surface area contributed by atoms with Crippen LogP contribution in [0.2, 0.25) is 0 Å². The summed E-state index contributed by atoms with van der Waals surface area (Å²) in [6, 6.07) is 4.57. The van der Waals surface area contributed by atoms with Crippen LogP contribution in [-0.2, 0) is 4.79 Å². The molecule has 1 fully saturated rings. The van der Waals surface area contributed by atoms with Gasteiger partial charge in [0.05, 0.1) is 12.4 Å². The van der Waals surface area contributed by atoms with Crippen LogP contribution in [0.5, 0.6) is 0 Å². The molecule has 3 heterocycles. The van der Waals surface area contributed by atoms with E-state index >= 15 is 0 Å². The molecular formula is C16H22N4O. The van der Waals surface area contributed by atoms with Crippen molar-refractivity contribution < 1.29 is 4.79 Å². The van der Waals surface area contributed by atoms with Gasteiger partial charge in [-0.2, -0.15) is 0 Å². The molecular weight excluding hydrogens is 264 g/mol. The number of rotatable bonds is 4. The molecule has 1 saturated heterocycles. The minimum absolute atomic E-state index is 0.209. The van der Waals surface area contributed by atoms with Crippen molar-refractivity contribution in [1.29, 1.82) is 0 Å². The number of nitrogens with zero attached hydrogens (tertiary/aromatic N) is 4. The predicted molar refractivity (Wildman–Crippen MR) is 80.8 cm³/mol. The number of carbonyl (C=O) groups is 1. The summed E-state index contributed by atoms with van der Waals surface area (Å²) in [6.07, 6.45) is 12.4. The van der Waals surface area contributed by atoms with Gasteiger partial charge in [-0.3, -0.25) is 4.79 Å². The van der Waals surface area contributed by atoms with E-state index in [1.54, 1.807) is 6.20 Å². The second-order valence-corrected chi connectivity index (χ2v) is 5.83. The van der Waals surface area contributed by atoms with Crippen molar-refractivity contribution in [2.24, 2.45) is 0 Å². The number of aromatic nitrogens is 3. The summed E-state index contributed by atoms with van der Waals surface area (Å²) in [5, 5.41) is 0. The molecule has 5 heteroatoms. The summed E-state index contributed by atoms with van der Waals surface area (Å²) >= 11 is 0. The van der Waals surface area contributed by atoms with Crippen molar-refractivity contribution in [2.45, 2.75) is 38.3 Å². The van der Waals surface area contributed by atoms with Gasteiger partial charge in [0, 0.05) is 50.3 Å². The number of imidazole rings is 1. The second kappa shape index (κ2) is 6.16. The maximum atomic E-state index is 12.5. The van der Waals surface area contributed by atoms with Gasteiger partial charge in [-0.15, -0.1) is 0 Å². The van der Waals surface area contributed by atoms with Crippen LogP contribution < -0.4 is 0 Å². The normalized spacial score (nSPS) is 20.4. The zero-order valence-corrected chi connectivity index (χ0v) is 12.4. The molecule has 3 rings (SSSR count). The van der Waals surface area contributed by atoms with Crippen LogP contribution in [0.4, 0.5) is 0 Å². The first-order valence-electron chi connectivity index (χ1n) is 7.61. The summed E-state index contributed by atoms with van der Waals surface area (Å²) in [6.45, 7) is 3.77. The minimum Gasteiger partial charge on any atom is -0.351 e. The molecule has 2 atom stereocenters. The van der Waals surface area contributed by atoms with E-state index in [1.165, 1.54) is 0 Å². The Balaban J connectivity index is 1.59. The molecule has 1 amide bonds. The quantitative estimate of drug-likeness (QED) is 0.866. The number of hydrogen-bond acceptors (Lipinski definition) is 2. The summed E-state index contributed by atoms with van der Waals surface area (Å²) in [5.41, 5.74) is 0. The molecule has 0 N–H and O–H groups in total. The Kier molecular flexibility index (Phi) is 4.08. The summed E-state index contributed by atoms with van der Waals surface area (Å²) in [7, 11) is 0. The Morgan fingerprint density at radius 3 is 2.86 bits per heavy atom. The largest absolute Gasteiger partial charge is 0.351 e. The molecule has 2 aromatic rings. The monoisotopic (exact) mass is 286 g/mol. The SMILES string of the molecule is C[C@H](CC(=O)N1CCC[C@@H](n2ccnc2)C1)n1cccc1. The first-order valence-corrected chi connectivity index (χ1v) is 7.61. The highest BCUT2D eigenvalue weighted by Gasteiger charge is 2.25. The zero-order valence-electron chi connectivity index (χ0n) is 12.4. The fourth-order valence-corrected chi connectivity index (χ4v) is 3.04. The number of likely N-dealkylation sites (tertiary alicyclic amines) is 1. The first-order chi connectivity index (χ1) is 10.2. The van der Waals surface area contributed by atoms with Crippen molar-refractivity contribution in [3.63, 3.8) is 0 Å². The van der Waals surface area contributed by atoms with Gasteiger partial charge in [0.25, 0.3) is 0 Å². The Bertz CT molecular complexity index is 561. The third kappa shape index (κ3) is 3.17. The Morgan fingerprint density at radius 1 is 1.33 bits per heavy atom. The lowest BCUT2D eigenvalue weighted by Gasteiger charge is -2.34. The lowest BCUT2D eigenvalue weighted by Crippen LogP contribution is -2.41. The van der Waals surface area contributed by atoms with Crippen molar-refractivity contribution in [1.82, 2.24) is 19.0 Å². The highest BCUT2D eigenvalue weighted by Crippen LogP contribution is 2.23. The average molecular weight is 286 g/mol. The number of carbonyl (C=O) groups excluding carboxylic acids is 1. The maximum absolute atomic E-state index is 12.5. The lowest BCUT2D eigenvalue weighted by atomic mass is 10.0. The molecule has 2 aromatic heterocycles. The molecule has 0 saturated carbocycles. The second-order valence-electron chi connectivity index (χ2n) is 5.83. The van der Waals surface area contributed by atoms with Crippen LogP contribution in [0.3, 0.4) is 0 Å². The van der Waals surface area contributed by atoms with Gasteiger partial charge in [-0.1, -0.05) is 0 Å². The van der Waals surface area contributed by atoms with E-state index < -0.39 is 0 Å². The van der Waals surface area contributed by atoms with Gasteiger partial charge in [0.15, 0.2) is 0 Å². The van der Waals surface area contributed by atoms with E-state index in [4.69, 9.17) is 0 Å². The molecule has 0 unspecified atom stereocenters. The van der Waals surface area contributed by atoms with Gasteiger partial charge in [-0.05, 0) is 31.9 Å². The van der Waals surface area contributed by atoms with Crippen LogP contribution in [-0.4, -0.2) is 38.0 Å². The molecule has 0 bridgehead atoms. The van der Waals surface area contributed by atoms with E-state index in [9.17, 15) is 4.79 Å². The fourth-order valence-electron chi connectivity index (χ4n) is 3.04. The van der Waals surface area contributed by atoms with Gasteiger partial charge in [0.2, 0.25) is 5.91 Å².